The maximum Gasteiger partial charge on any atom is 0.416 e. The van der Waals surface area contributed by atoms with Gasteiger partial charge in [-0.2, -0.15) is 26.3 Å². The summed E-state index contributed by atoms with van der Waals surface area (Å²) in [6, 6.07) is 18.6. The van der Waals surface area contributed by atoms with Crippen molar-refractivity contribution in [3.8, 4) is 0 Å². The predicted molar refractivity (Wildman–Crippen MR) is 151 cm³/mol. The van der Waals surface area contributed by atoms with Crippen molar-refractivity contribution in [3.05, 3.63) is 106 Å². The van der Waals surface area contributed by atoms with E-state index in [4.69, 9.17) is 4.74 Å². The second-order valence-electron chi connectivity index (χ2n) is 12.0. The highest BCUT2D eigenvalue weighted by Gasteiger charge is 2.41. The van der Waals surface area contributed by atoms with Gasteiger partial charge in [0.2, 0.25) is 0 Å². The van der Waals surface area contributed by atoms with Crippen molar-refractivity contribution in [2.45, 2.75) is 81.3 Å². The van der Waals surface area contributed by atoms with Gasteiger partial charge in [0.1, 0.15) is 5.82 Å². The first-order valence-electron chi connectivity index (χ1n) is 14.8. The second-order valence-corrected chi connectivity index (χ2v) is 12.0. The number of benzene rings is 3. The van der Waals surface area contributed by atoms with Crippen LogP contribution in [0.3, 0.4) is 0 Å². The van der Waals surface area contributed by atoms with Crippen LogP contribution in [0.4, 0.5) is 30.7 Å². The summed E-state index contributed by atoms with van der Waals surface area (Å²) >= 11 is 0. The van der Waals surface area contributed by atoms with Crippen molar-refractivity contribution in [1.82, 2.24) is 4.90 Å². The molecule has 2 fully saturated rings. The minimum Gasteiger partial charge on any atom is -0.373 e. The van der Waals surface area contributed by atoms with Crippen LogP contribution in [0.25, 0.3) is 0 Å². The average molecular weight is 608 g/mol. The summed E-state index contributed by atoms with van der Waals surface area (Å²) in [7, 11) is 0. The molecular weight excluding hydrogens is 571 g/mol. The number of alkyl halides is 6. The Hall–Kier alpha value is -2.91. The van der Waals surface area contributed by atoms with Crippen LogP contribution in [-0.4, -0.2) is 30.6 Å². The van der Waals surface area contributed by atoms with Crippen LogP contribution in [0.15, 0.2) is 72.8 Å². The number of hydrogen-bond donors (Lipinski definition) is 0. The molecule has 1 atom stereocenters. The predicted octanol–water partition coefficient (Wildman–Crippen LogP) is 9.70. The lowest BCUT2D eigenvalue weighted by Crippen LogP contribution is -2.46. The first kappa shape index (κ1) is 31.5. The maximum atomic E-state index is 13.4. The zero-order valence-corrected chi connectivity index (χ0v) is 24.0. The van der Waals surface area contributed by atoms with Gasteiger partial charge in [-0.1, -0.05) is 42.5 Å². The fraction of sp³-hybridized carbons (Fsp3) is 0.471. The Bertz CT molecular complexity index is 1310. The van der Waals surface area contributed by atoms with Gasteiger partial charge in [-0.25, -0.2) is 4.39 Å². The molecule has 3 aromatic rings. The van der Waals surface area contributed by atoms with E-state index in [2.05, 4.69) is 4.90 Å². The Balaban J connectivity index is 1.27. The van der Waals surface area contributed by atoms with Gasteiger partial charge in [0.25, 0.3) is 0 Å². The van der Waals surface area contributed by atoms with Gasteiger partial charge >= 0.3 is 12.4 Å². The molecule has 0 spiro atoms. The maximum absolute atomic E-state index is 13.4. The van der Waals surface area contributed by atoms with Crippen molar-refractivity contribution in [1.29, 1.82) is 0 Å². The standard InChI is InChI=1S/C34H36F7NO/c1-23(26-19-28(33(36,37)38)21-29(20-26)34(39,40)41)43-22-32(27-5-3-2-4-6-27)15-11-31(12-16-32)42-17-13-25(14-18-42)24-7-9-30(35)10-8-24/h2-10,19-21,23,25,31H,11-18,22H2,1H3/t23?,31-,32-. The lowest BCUT2D eigenvalue weighted by molar-refractivity contribution is -0.143. The molecule has 0 amide bonds. The minimum atomic E-state index is -4.91. The van der Waals surface area contributed by atoms with Crippen LogP contribution < -0.4 is 0 Å². The molecule has 1 aliphatic heterocycles. The summed E-state index contributed by atoms with van der Waals surface area (Å²) in [6.07, 6.45) is -5.37. The molecular formula is C34H36F7NO. The van der Waals surface area contributed by atoms with E-state index in [1.54, 1.807) is 0 Å². The topological polar surface area (TPSA) is 12.5 Å². The van der Waals surface area contributed by atoms with Gasteiger partial charge in [-0.15, -0.1) is 0 Å². The molecule has 5 rings (SSSR count). The van der Waals surface area contributed by atoms with E-state index in [1.165, 1.54) is 24.6 Å². The summed E-state index contributed by atoms with van der Waals surface area (Å²) < 4.78 is 100. The van der Waals surface area contributed by atoms with E-state index in [9.17, 15) is 30.7 Å². The van der Waals surface area contributed by atoms with Crippen molar-refractivity contribution in [2.24, 2.45) is 0 Å². The van der Waals surface area contributed by atoms with E-state index in [0.29, 0.717) is 12.0 Å². The van der Waals surface area contributed by atoms with Gasteiger partial charge < -0.3 is 9.64 Å². The zero-order chi connectivity index (χ0) is 30.8. The molecule has 2 nitrogen and oxygen atoms in total. The first-order valence-corrected chi connectivity index (χ1v) is 14.8. The van der Waals surface area contributed by atoms with Crippen molar-refractivity contribution >= 4 is 0 Å². The summed E-state index contributed by atoms with van der Waals surface area (Å²) in [5.41, 5.74) is -0.989. The lowest BCUT2D eigenvalue weighted by atomic mass is 9.68. The molecule has 43 heavy (non-hydrogen) atoms. The molecule has 9 heteroatoms. The van der Waals surface area contributed by atoms with Crippen molar-refractivity contribution < 1.29 is 35.5 Å². The summed E-state index contributed by atoms with van der Waals surface area (Å²) in [4.78, 5) is 2.53. The second kappa shape index (κ2) is 12.6. The van der Waals surface area contributed by atoms with Crippen LogP contribution in [-0.2, 0) is 22.5 Å². The molecule has 232 valence electrons. The number of rotatable bonds is 7. The number of hydrogen-bond acceptors (Lipinski definition) is 2. The quantitative estimate of drug-likeness (QED) is 0.248. The first-order chi connectivity index (χ1) is 20.3. The molecule has 1 saturated heterocycles. The highest BCUT2D eigenvalue weighted by atomic mass is 19.4. The Kier molecular flexibility index (Phi) is 9.23. The third-order valence-electron chi connectivity index (χ3n) is 9.37. The number of likely N-dealkylation sites (tertiary alicyclic amines) is 1. The number of halogens is 7. The molecule has 0 radical (unpaired) electrons. The molecule has 0 aromatic heterocycles. The average Bonchev–Trinajstić information content (AvgIpc) is 3.00. The summed E-state index contributed by atoms with van der Waals surface area (Å²) in [5, 5.41) is 0. The third-order valence-corrected chi connectivity index (χ3v) is 9.37. The van der Waals surface area contributed by atoms with E-state index in [0.717, 1.165) is 69.3 Å². The van der Waals surface area contributed by atoms with E-state index >= 15 is 0 Å². The normalized spacial score (nSPS) is 23.3. The number of nitrogens with zero attached hydrogens (tertiary/aromatic N) is 1. The molecule has 1 unspecified atom stereocenters. The Labute approximate surface area is 247 Å². The fourth-order valence-electron chi connectivity index (χ4n) is 6.76. The molecule has 0 bridgehead atoms. The van der Waals surface area contributed by atoms with Gasteiger partial charge in [0.15, 0.2) is 0 Å². The lowest BCUT2D eigenvalue weighted by Gasteiger charge is -2.46. The summed E-state index contributed by atoms with van der Waals surface area (Å²) in [6.45, 7) is 3.60. The molecule has 1 heterocycles. The highest BCUT2D eigenvalue weighted by Crippen LogP contribution is 2.44. The Morgan fingerprint density at radius 1 is 0.791 bits per heavy atom. The van der Waals surface area contributed by atoms with Crippen LogP contribution in [0.5, 0.6) is 0 Å². The fourth-order valence-corrected chi connectivity index (χ4v) is 6.76. The van der Waals surface area contributed by atoms with E-state index in [1.807, 2.05) is 42.5 Å². The SMILES string of the molecule is CC(OC[C@]1(c2ccccc2)CC[C@H](N2CCC(c3ccc(F)cc3)CC2)CC1)c1cc(C(F)(F)F)cc(C(F)(F)F)c1. The molecule has 0 N–H and O–H groups in total. The monoisotopic (exact) mass is 607 g/mol. The third kappa shape index (κ3) is 7.43. The van der Waals surface area contributed by atoms with Gasteiger partial charge in [-0.05, 0) is 111 Å². The van der Waals surface area contributed by atoms with Crippen molar-refractivity contribution in [2.75, 3.05) is 19.7 Å². The van der Waals surface area contributed by atoms with Gasteiger partial charge in [0.05, 0.1) is 23.8 Å². The number of ether oxygens (including phenoxy) is 1. The van der Waals surface area contributed by atoms with Gasteiger partial charge in [0, 0.05) is 11.5 Å². The summed E-state index contributed by atoms with van der Waals surface area (Å²) in [5.74, 6) is 0.178. The van der Waals surface area contributed by atoms with Crippen molar-refractivity contribution in [3.63, 3.8) is 0 Å². The molecule has 3 aromatic carbocycles. The zero-order valence-electron chi connectivity index (χ0n) is 24.0. The largest absolute Gasteiger partial charge is 0.416 e. The van der Waals surface area contributed by atoms with Crippen LogP contribution in [0.1, 0.15) is 85.3 Å². The molecule has 2 aliphatic rings. The molecule has 1 aliphatic carbocycles. The Morgan fingerprint density at radius 3 is 1.88 bits per heavy atom. The van der Waals surface area contributed by atoms with Crippen LogP contribution >= 0.6 is 0 Å². The van der Waals surface area contributed by atoms with Gasteiger partial charge in [-0.3, -0.25) is 0 Å². The van der Waals surface area contributed by atoms with E-state index < -0.39 is 35.0 Å². The minimum absolute atomic E-state index is 0.144. The highest BCUT2D eigenvalue weighted by molar-refractivity contribution is 5.35. The van der Waals surface area contributed by atoms with Crippen LogP contribution in [0.2, 0.25) is 0 Å². The van der Waals surface area contributed by atoms with Crippen LogP contribution in [0, 0.1) is 5.82 Å². The smallest absolute Gasteiger partial charge is 0.373 e. The Morgan fingerprint density at radius 2 is 1.35 bits per heavy atom. The van der Waals surface area contributed by atoms with E-state index in [-0.39, 0.29) is 24.1 Å². The molecule has 1 saturated carbocycles. The number of piperidine rings is 1.